The predicted octanol–water partition coefficient (Wildman–Crippen LogP) is 8.40. The minimum atomic E-state index is -1.50. The van der Waals surface area contributed by atoms with Crippen LogP contribution in [0, 0.1) is 0 Å². The Morgan fingerprint density at radius 2 is 0.842 bits per heavy atom. The normalized spacial score (nSPS) is 20.3. The van der Waals surface area contributed by atoms with E-state index in [-0.39, 0.29) is 0 Å². The van der Waals surface area contributed by atoms with Gasteiger partial charge in [0.2, 0.25) is 0 Å². The third kappa shape index (κ3) is 3.25. The van der Waals surface area contributed by atoms with Gasteiger partial charge in [-0.05, 0) is 56.9 Å². The van der Waals surface area contributed by atoms with E-state index in [9.17, 15) is 10.2 Å². The number of aliphatic hydroxyl groups is 2. The van der Waals surface area contributed by atoms with E-state index >= 15 is 0 Å². The molecule has 1 aliphatic rings. The summed E-state index contributed by atoms with van der Waals surface area (Å²) in [7, 11) is 0. The Balaban J connectivity index is 1.74. The molecule has 2 nitrogen and oxygen atoms in total. The molecule has 0 spiro atoms. The first-order chi connectivity index (χ1) is 18.4. The van der Waals surface area contributed by atoms with Crippen LogP contribution >= 0.6 is 31.9 Å². The van der Waals surface area contributed by atoms with E-state index < -0.39 is 11.2 Å². The highest BCUT2D eigenvalue weighted by Crippen LogP contribution is 2.56. The van der Waals surface area contributed by atoms with Gasteiger partial charge in [0.05, 0.1) is 0 Å². The quantitative estimate of drug-likeness (QED) is 0.204. The lowest BCUT2D eigenvalue weighted by Crippen LogP contribution is -2.44. The molecule has 0 radical (unpaired) electrons. The molecule has 0 amide bonds. The van der Waals surface area contributed by atoms with Crippen LogP contribution in [0.25, 0.3) is 21.5 Å². The van der Waals surface area contributed by atoms with Crippen LogP contribution in [0.3, 0.4) is 0 Å². The smallest absolute Gasteiger partial charge is 0.141 e. The van der Waals surface area contributed by atoms with Crippen molar-refractivity contribution in [3.63, 3.8) is 0 Å². The molecule has 0 bridgehead atoms. The summed E-state index contributed by atoms with van der Waals surface area (Å²) in [6.07, 6.45) is 0. The zero-order chi connectivity index (χ0) is 26.1. The van der Waals surface area contributed by atoms with Gasteiger partial charge in [0.15, 0.2) is 0 Å². The number of fused-ring (bicyclic) bond motifs is 6. The minimum absolute atomic E-state index is 0.674. The first kappa shape index (κ1) is 23.8. The maximum atomic E-state index is 13.1. The number of halogens is 2. The summed E-state index contributed by atoms with van der Waals surface area (Å²) < 4.78 is 1.92. The van der Waals surface area contributed by atoms with Crippen LogP contribution in [-0.2, 0) is 11.2 Å². The van der Waals surface area contributed by atoms with E-state index in [0.717, 1.165) is 41.6 Å². The summed E-state index contributed by atoms with van der Waals surface area (Å²) in [5.41, 5.74) is 1.26. The Hall–Kier alpha value is -3.28. The lowest BCUT2D eigenvalue weighted by atomic mass is 9.61. The topological polar surface area (TPSA) is 40.5 Å². The summed E-state index contributed by atoms with van der Waals surface area (Å²) >= 11 is 7.21. The van der Waals surface area contributed by atoms with Crippen LogP contribution in [0.4, 0.5) is 0 Å². The minimum Gasteiger partial charge on any atom is -0.376 e. The molecule has 0 fully saturated rings. The molecule has 6 aromatic carbocycles. The van der Waals surface area contributed by atoms with Crippen molar-refractivity contribution < 1.29 is 10.2 Å². The highest BCUT2D eigenvalue weighted by atomic mass is 79.9. The molecule has 6 aromatic rings. The van der Waals surface area contributed by atoms with Gasteiger partial charge in [-0.25, -0.2) is 0 Å². The summed E-state index contributed by atoms with van der Waals surface area (Å²) in [5.74, 6) is 0. The zero-order valence-electron chi connectivity index (χ0n) is 20.2. The fraction of sp³-hybridized carbons (Fsp3) is 0.0588. The monoisotopic (exact) mass is 620 g/mol. The highest BCUT2D eigenvalue weighted by molar-refractivity contribution is 9.10. The Morgan fingerprint density at radius 3 is 1.24 bits per heavy atom. The van der Waals surface area contributed by atoms with E-state index in [1.807, 2.05) is 109 Å². The number of benzene rings is 6. The van der Waals surface area contributed by atoms with Gasteiger partial charge in [-0.3, -0.25) is 0 Å². The van der Waals surface area contributed by atoms with Crippen molar-refractivity contribution in [3.8, 4) is 0 Å². The van der Waals surface area contributed by atoms with Crippen LogP contribution in [-0.4, -0.2) is 10.2 Å². The molecule has 38 heavy (non-hydrogen) atoms. The Kier molecular flexibility index (Phi) is 5.40. The largest absolute Gasteiger partial charge is 0.376 e. The fourth-order valence-electron chi connectivity index (χ4n) is 6.21. The van der Waals surface area contributed by atoms with Crippen LogP contribution in [0.15, 0.2) is 130 Å². The second-order valence-electron chi connectivity index (χ2n) is 9.86. The van der Waals surface area contributed by atoms with Gasteiger partial charge in [-0.1, -0.05) is 129 Å². The third-order valence-electron chi connectivity index (χ3n) is 7.85. The highest BCUT2D eigenvalue weighted by Gasteiger charge is 2.52. The van der Waals surface area contributed by atoms with Gasteiger partial charge in [-0.2, -0.15) is 0 Å². The van der Waals surface area contributed by atoms with Crippen LogP contribution < -0.4 is 0 Å². The zero-order valence-corrected chi connectivity index (χ0v) is 23.4. The Bertz CT molecular complexity index is 1730. The van der Waals surface area contributed by atoms with E-state index in [2.05, 4.69) is 44.0 Å². The maximum absolute atomic E-state index is 13.1. The van der Waals surface area contributed by atoms with Crippen molar-refractivity contribution >= 4 is 53.4 Å². The molecule has 0 aliphatic heterocycles. The van der Waals surface area contributed by atoms with Crippen molar-refractivity contribution in [1.29, 1.82) is 0 Å². The standard InChI is InChI=1S/C34H22Br2O2/c35-25-13-15-27-21(19-25)12-18-30-31(27)33(37,23-7-3-1-4-8-23)29-17-11-22-20-26(36)14-16-28(22)32(29)34(30,38)24-9-5-2-6-10-24/h1-20,37-38H. The van der Waals surface area contributed by atoms with E-state index in [1.54, 1.807) is 0 Å². The molecule has 2 atom stereocenters. The SMILES string of the molecule is OC1(c2ccccc2)c2ccc3cc(Br)ccc3c2C(O)(c2ccccc2)c2ccc3cc(Br)ccc3c21. The summed E-state index contributed by atoms with van der Waals surface area (Å²) in [5, 5.41) is 29.9. The van der Waals surface area contributed by atoms with Gasteiger partial charge in [0.25, 0.3) is 0 Å². The molecule has 0 saturated carbocycles. The molecule has 0 saturated heterocycles. The van der Waals surface area contributed by atoms with Crippen molar-refractivity contribution in [1.82, 2.24) is 0 Å². The molecule has 7 rings (SSSR count). The second-order valence-corrected chi connectivity index (χ2v) is 11.7. The van der Waals surface area contributed by atoms with Crippen LogP contribution in [0.2, 0.25) is 0 Å². The summed E-state index contributed by atoms with van der Waals surface area (Å²) in [6, 6.07) is 39.7. The van der Waals surface area contributed by atoms with Crippen molar-refractivity contribution in [2.24, 2.45) is 0 Å². The first-order valence-electron chi connectivity index (χ1n) is 12.4. The molecule has 0 aromatic heterocycles. The lowest BCUT2D eigenvalue weighted by molar-refractivity contribution is 0.0773. The Labute approximate surface area is 237 Å². The third-order valence-corrected chi connectivity index (χ3v) is 8.84. The van der Waals surface area contributed by atoms with Gasteiger partial charge in [-0.15, -0.1) is 0 Å². The van der Waals surface area contributed by atoms with Crippen LogP contribution in [0.5, 0.6) is 0 Å². The maximum Gasteiger partial charge on any atom is 0.141 e. The summed E-state index contributed by atoms with van der Waals surface area (Å²) in [6.45, 7) is 0. The van der Waals surface area contributed by atoms with E-state index in [4.69, 9.17) is 0 Å². The molecule has 0 heterocycles. The number of hydrogen-bond donors (Lipinski definition) is 2. The second kappa shape index (κ2) is 8.62. The first-order valence-corrected chi connectivity index (χ1v) is 14.0. The molecule has 1 aliphatic carbocycles. The lowest BCUT2D eigenvalue weighted by Gasteiger charge is -2.46. The Morgan fingerprint density at radius 1 is 0.447 bits per heavy atom. The van der Waals surface area contributed by atoms with Crippen molar-refractivity contribution in [3.05, 3.63) is 164 Å². The predicted molar refractivity (Wildman–Crippen MR) is 160 cm³/mol. The molecule has 2 N–H and O–H groups in total. The molecular formula is C34H22Br2O2. The van der Waals surface area contributed by atoms with Crippen LogP contribution in [0.1, 0.15) is 33.4 Å². The van der Waals surface area contributed by atoms with Gasteiger partial charge in [0.1, 0.15) is 11.2 Å². The van der Waals surface area contributed by atoms with Gasteiger partial charge in [0, 0.05) is 31.2 Å². The average Bonchev–Trinajstić information content (AvgIpc) is 2.95. The van der Waals surface area contributed by atoms with Gasteiger partial charge >= 0.3 is 0 Å². The van der Waals surface area contributed by atoms with Crippen molar-refractivity contribution in [2.45, 2.75) is 11.2 Å². The fourth-order valence-corrected chi connectivity index (χ4v) is 6.97. The molecule has 2 unspecified atom stereocenters. The summed E-state index contributed by atoms with van der Waals surface area (Å²) in [4.78, 5) is 0. The van der Waals surface area contributed by atoms with Crippen molar-refractivity contribution in [2.75, 3.05) is 0 Å². The van der Waals surface area contributed by atoms with E-state index in [1.165, 1.54) is 0 Å². The van der Waals surface area contributed by atoms with Gasteiger partial charge < -0.3 is 10.2 Å². The average molecular weight is 622 g/mol. The number of rotatable bonds is 2. The van der Waals surface area contributed by atoms with E-state index in [0.29, 0.717) is 22.3 Å². The molecular weight excluding hydrogens is 600 g/mol. The molecule has 4 heteroatoms. The number of hydrogen-bond acceptors (Lipinski definition) is 2. The molecule has 184 valence electrons.